The van der Waals surface area contributed by atoms with Crippen LogP contribution in [0.5, 0.6) is 0 Å². The number of amides is 1. The fourth-order valence-electron chi connectivity index (χ4n) is 2.17. The average molecular weight is 199 g/mol. The smallest absolute Gasteiger partial charge is 0.408 e. The highest BCUT2D eigenvalue weighted by Crippen LogP contribution is 2.41. The third-order valence-electron chi connectivity index (χ3n) is 2.96. The van der Waals surface area contributed by atoms with Crippen molar-refractivity contribution in [3.8, 4) is 0 Å². The van der Waals surface area contributed by atoms with E-state index in [1.807, 2.05) is 0 Å². The molecule has 0 spiro atoms. The molecule has 1 aliphatic heterocycles. The first-order chi connectivity index (χ1) is 6.54. The van der Waals surface area contributed by atoms with Crippen LogP contribution in [0, 0.1) is 5.92 Å². The van der Waals surface area contributed by atoms with Gasteiger partial charge in [0.2, 0.25) is 0 Å². The standard InChI is InChI=1S/C8H9NO5/c10-6-3-1-2-4(3)9(8(13)14)5(6)7(11)12/h3-5H,1-2H2,(H,11,12)(H,13,14)/t3-,4+,5?/m0/s1. The van der Waals surface area contributed by atoms with Gasteiger partial charge in [0.1, 0.15) is 0 Å². The lowest BCUT2D eigenvalue weighted by Crippen LogP contribution is -2.47. The predicted octanol–water partition coefficient (Wildman–Crippen LogP) is -0.219. The lowest BCUT2D eigenvalue weighted by atomic mass is 9.79. The van der Waals surface area contributed by atoms with Crippen LogP contribution in [0.1, 0.15) is 12.8 Å². The maximum absolute atomic E-state index is 11.4. The van der Waals surface area contributed by atoms with Crippen molar-refractivity contribution in [1.29, 1.82) is 0 Å². The van der Waals surface area contributed by atoms with Gasteiger partial charge in [-0.15, -0.1) is 0 Å². The molecule has 2 aliphatic rings. The summed E-state index contributed by atoms with van der Waals surface area (Å²) in [6.07, 6.45) is -0.123. The minimum Gasteiger partial charge on any atom is -0.479 e. The molecule has 2 fully saturated rings. The summed E-state index contributed by atoms with van der Waals surface area (Å²) < 4.78 is 0. The quantitative estimate of drug-likeness (QED) is 0.569. The fourth-order valence-corrected chi connectivity index (χ4v) is 2.17. The first kappa shape index (κ1) is 8.98. The maximum atomic E-state index is 11.4. The zero-order valence-corrected chi connectivity index (χ0v) is 7.21. The number of rotatable bonds is 1. The molecule has 1 unspecified atom stereocenters. The number of carbonyl (C=O) groups is 3. The third-order valence-corrected chi connectivity index (χ3v) is 2.96. The molecule has 3 atom stereocenters. The first-order valence-electron chi connectivity index (χ1n) is 4.32. The van der Waals surface area contributed by atoms with Crippen molar-refractivity contribution in [3.05, 3.63) is 0 Å². The number of Topliss-reactive ketones (excluding diaryl/α,β-unsaturated/α-hetero) is 1. The van der Waals surface area contributed by atoms with Crippen molar-refractivity contribution in [2.24, 2.45) is 5.92 Å². The van der Waals surface area contributed by atoms with E-state index >= 15 is 0 Å². The van der Waals surface area contributed by atoms with E-state index in [1.165, 1.54) is 0 Å². The van der Waals surface area contributed by atoms with E-state index in [2.05, 4.69) is 0 Å². The number of hydrogen-bond acceptors (Lipinski definition) is 3. The number of carboxylic acids is 1. The van der Waals surface area contributed by atoms with Gasteiger partial charge in [0.05, 0.1) is 0 Å². The Hall–Kier alpha value is -1.59. The van der Waals surface area contributed by atoms with Gasteiger partial charge in [-0.3, -0.25) is 9.69 Å². The summed E-state index contributed by atoms with van der Waals surface area (Å²) in [6.45, 7) is 0. The van der Waals surface area contributed by atoms with Gasteiger partial charge in [-0.2, -0.15) is 0 Å². The molecule has 0 aromatic carbocycles. The second kappa shape index (κ2) is 2.70. The predicted molar refractivity (Wildman–Crippen MR) is 42.8 cm³/mol. The van der Waals surface area contributed by atoms with Gasteiger partial charge in [-0.25, -0.2) is 9.59 Å². The van der Waals surface area contributed by atoms with Crippen LogP contribution in [0.4, 0.5) is 4.79 Å². The van der Waals surface area contributed by atoms with Crippen molar-refractivity contribution in [2.75, 3.05) is 0 Å². The Morgan fingerprint density at radius 1 is 1.29 bits per heavy atom. The average Bonchev–Trinajstić information content (AvgIpc) is 2.17. The van der Waals surface area contributed by atoms with Gasteiger partial charge in [0.25, 0.3) is 0 Å². The van der Waals surface area contributed by atoms with Gasteiger partial charge in [0, 0.05) is 12.0 Å². The molecule has 1 saturated carbocycles. The van der Waals surface area contributed by atoms with E-state index < -0.39 is 29.9 Å². The van der Waals surface area contributed by atoms with Crippen LogP contribution in [-0.4, -0.2) is 45.0 Å². The molecule has 2 rings (SSSR count). The number of likely N-dealkylation sites (tertiary alicyclic amines) is 1. The van der Waals surface area contributed by atoms with Crippen molar-refractivity contribution in [2.45, 2.75) is 24.9 Å². The van der Waals surface area contributed by atoms with Crippen LogP contribution in [0.3, 0.4) is 0 Å². The summed E-state index contributed by atoms with van der Waals surface area (Å²) in [5.41, 5.74) is 0. The van der Waals surface area contributed by atoms with Gasteiger partial charge in [0.15, 0.2) is 11.8 Å². The monoisotopic (exact) mass is 199 g/mol. The highest BCUT2D eigenvalue weighted by molar-refractivity contribution is 6.08. The molecular weight excluding hydrogens is 190 g/mol. The van der Waals surface area contributed by atoms with Crippen LogP contribution in [0.25, 0.3) is 0 Å². The number of ketones is 1. The third kappa shape index (κ3) is 0.934. The normalized spacial score (nSPS) is 35.0. The van der Waals surface area contributed by atoms with Crippen molar-refractivity contribution in [1.82, 2.24) is 4.90 Å². The maximum Gasteiger partial charge on any atom is 0.408 e. The van der Waals surface area contributed by atoms with Gasteiger partial charge < -0.3 is 10.2 Å². The summed E-state index contributed by atoms with van der Waals surface area (Å²) in [7, 11) is 0. The molecule has 1 amide bonds. The van der Waals surface area contributed by atoms with E-state index in [0.29, 0.717) is 12.8 Å². The van der Waals surface area contributed by atoms with Crippen LogP contribution in [0.2, 0.25) is 0 Å². The Morgan fingerprint density at radius 2 is 1.93 bits per heavy atom. The molecule has 1 aliphatic carbocycles. The summed E-state index contributed by atoms with van der Waals surface area (Å²) >= 11 is 0. The summed E-state index contributed by atoms with van der Waals surface area (Å²) in [6, 6.07) is -1.88. The molecule has 6 heteroatoms. The molecule has 2 N–H and O–H groups in total. The topological polar surface area (TPSA) is 94.9 Å². The number of hydrogen-bond donors (Lipinski definition) is 2. The molecule has 0 aromatic heterocycles. The Labute approximate surface area is 79.1 Å². The molecule has 0 radical (unpaired) electrons. The Morgan fingerprint density at radius 3 is 2.29 bits per heavy atom. The van der Waals surface area contributed by atoms with Crippen molar-refractivity contribution >= 4 is 17.8 Å². The summed E-state index contributed by atoms with van der Waals surface area (Å²) in [5.74, 6) is -2.21. The van der Waals surface area contributed by atoms with Crippen LogP contribution >= 0.6 is 0 Å². The van der Waals surface area contributed by atoms with E-state index in [-0.39, 0.29) is 5.92 Å². The number of nitrogens with zero attached hydrogens (tertiary/aromatic N) is 1. The molecular formula is C8H9NO5. The zero-order chi connectivity index (χ0) is 10.5. The van der Waals surface area contributed by atoms with E-state index in [4.69, 9.17) is 10.2 Å². The number of aliphatic carboxylic acids is 1. The highest BCUT2D eigenvalue weighted by Gasteiger charge is 2.57. The second-order valence-electron chi connectivity index (χ2n) is 3.58. The van der Waals surface area contributed by atoms with E-state index in [0.717, 1.165) is 4.90 Å². The highest BCUT2D eigenvalue weighted by atomic mass is 16.4. The largest absolute Gasteiger partial charge is 0.479 e. The Bertz CT molecular complexity index is 326. The second-order valence-corrected chi connectivity index (χ2v) is 3.58. The van der Waals surface area contributed by atoms with Gasteiger partial charge in [-0.05, 0) is 12.8 Å². The first-order valence-corrected chi connectivity index (χ1v) is 4.32. The number of fused-ring (bicyclic) bond motifs is 1. The Kier molecular flexibility index (Phi) is 1.73. The Balaban J connectivity index is 2.32. The molecule has 0 aromatic rings. The van der Waals surface area contributed by atoms with E-state index in [1.54, 1.807) is 0 Å². The van der Waals surface area contributed by atoms with E-state index in [9.17, 15) is 14.4 Å². The summed E-state index contributed by atoms with van der Waals surface area (Å²) in [5, 5.41) is 17.5. The van der Waals surface area contributed by atoms with Crippen molar-refractivity contribution in [3.63, 3.8) is 0 Å². The molecule has 6 nitrogen and oxygen atoms in total. The molecule has 76 valence electrons. The lowest BCUT2D eigenvalue weighted by molar-refractivity contribution is -0.145. The number of carbonyl (C=O) groups excluding carboxylic acids is 1. The lowest BCUT2D eigenvalue weighted by Gasteiger charge is -2.33. The molecule has 14 heavy (non-hydrogen) atoms. The van der Waals surface area contributed by atoms with Crippen LogP contribution < -0.4 is 0 Å². The molecule has 0 bridgehead atoms. The number of carboxylic acid groups (broad SMARTS) is 2. The van der Waals surface area contributed by atoms with Gasteiger partial charge >= 0.3 is 12.1 Å². The zero-order valence-electron chi connectivity index (χ0n) is 7.21. The summed E-state index contributed by atoms with van der Waals surface area (Å²) in [4.78, 5) is 33.7. The molecule has 1 heterocycles. The minimum atomic E-state index is -1.48. The molecule has 1 saturated heterocycles. The van der Waals surface area contributed by atoms with Crippen molar-refractivity contribution < 1.29 is 24.6 Å². The minimum absolute atomic E-state index is 0.382. The fraction of sp³-hybridized carbons (Fsp3) is 0.625. The SMILES string of the molecule is O=C(O)C1C(=O)[C@H]2CC[C@H]2N1C(=O)O. The van der Waals surface area contributed by atoms with Crippen LogP contribution in [0.15, 0.2) is 0 Å². The van der Waals surface area contributed by atoms with Gasteiger partial charge in [-0.1, -0.05) is 0 Å². The van der Waals surface area contributed by atoms with Crippen LogP contribution in [-0.2, 0) is 9.59 Å².